The summed E-state index contributed by atoms with van der Waals surface area (Å²) in [5.74, 6) is -1.39. The van der Waals surface area contributed by atoms with E-state index < -0.39 is 17.8 Å². The Balaban J connectivity index is 2.09. The van der Waals surface area contributed by atoms with Gasteiger partial charge in [-0.1, -0.05) is 13.3 Å². The molecule has 1 aromatic carbocycles. The van der Waals surface area contributed by atoms with E-state index in [1.54, 1.807) is 0 Å². The highest BCUT2D eigenvalue weighted by molar-refractivity contribution is 5.98. The van der Waals surface area contributed by atoms with Crippen LogP contribution < -0.4 is 10.6 Å². The number of carbonyl (C=O) groups excluding carboxylic acids is 2. The maximum atomic E-state index is 14.0. The Morgan fingerprint density at radius 3 is 2.95 bits per heavy atom. The van der Waals surface area contributed by atoms with Gasteiger partial charge in [0.15, 0.2) is 0 Å². The molecular weight excluding hydrogens is 275 g/mol. The molecule has 1 atom stereocenters. The van der Waals surface area contributed by atoms with Crippen LogP contribution in [0.3, 0.4) is 0 Å². The second-order valence-electron chi connectivity index (χ2n) is 5.19. The van der Waals surface area contributed by atoms with Gasteiger partial charge in [-0.2, -0.15) is 0 Å². The van der Waals surface area contributed by atoms with E-state index in [1.165, 1.54) is 12.1 Å². The number of carbonyl (C=O) groups is 2. The Morgan fingerprint density at radius 1 is 1.48 bits per heavy atom. The predicted molar refractivity (Wildman–Crippen MR) is 76.6 cm³/mol. The Labute approximate surface area is 122 Å². The summed E-state index contributed by atoms with van der Waals surface area (Å²) < 4.78 is 14.0. The first-order valence-electron chi connectivity index (χ1n) is 7.09. The average molecular weight is 294 g/mol. The number of aryl methyl sites for hydroxylation is 1. The zero-order valence-corrected chi connectivity index (χ0v) is 11.9. The Bertz CT molecular complexity index is 560. The zero-order chi connectivity index (χ0) is 15.4. The second-order valence-corrected chi connectivity index (χ2v) is 5.19. The van der Waals surface area contributed by atoms with Crippen molar-refractivity contribution in [3.05, 3.63) is 29.1 Å². The fourth-order valence-electron chi connectivity index (χ4n) is 2.32. The van der Waals surface area contributed by atoms with Crippen LogP contribution in [0.15, 0.2) is 12.1 Å². The lowest BCUT2D eigenvalue weighted by atomic mass is 9.99. The molecule has 1 unspecified atom stereocenters. The van der Waals surface area contributed by atoms with Gasteiger partial charge in [0.25, 0.3) is 5.91 Å². The topological polar surface area (TPSA) is 78.4 Å². The van der Waals surface area contributed by atoms with Gasteiger partial charge in [0.1, 0.15) is 5.82 Å². The molecule has 0 saturated heterocycles. The number of hydrogen-bond donors (Lipinski definition) is 3. The number of hydrogen-bond acceptors (Lipinski definition) is 3. The molecule has 114 valence electrons. The lowest BCUT2D eigenvalue weighted by molar-refractivity contribution is -0.116. The number of amides is 2. The molecule has 0 radical (unpaired) electrons. The van der Waals surface area contributed by atoms with Crippen molar-refractivity contribution in [2.24, 2.45) is 0 Å². The van der Waals surface area contributed by atoms with Crippen LogP contribution >= 0.6 is 0 Å². The average Bonchev–Trinajstić information content (AvgIpc) is 2.44. The van der Waals surface area contributed by atoms with E-state index in [2.05, 4.69) is 10.6 Å². The van der Waals surface area contributed by atoms with Crippen molar-refractivity contribution in [3.63, 3.8) is 0 Å². The lowest BCUT2D eigenvalue weighted by Gasteiger charge is -2.18. The molecule has 21 heavy (non-hydrogen) atoms. The van der Waals surface area contributed by atoms with Crippen molar-refractivity contribution < 1.29 is 19.1 Å². The molecule has 3 N–H and O–H groups in total. The molecule has 0 bridgehead atoms. The number of halogens is 1. The standard InChI is InChI=1S/C15H19FN2O3/c1-2-3-10(19)8-17-15(21)11-6-9-4-5-14(20)18-13(9)7-12(11)16/h6-7,10,19H,2-5,8H2,1H3,(H,17,21)(H,18,20). The Kier molecular flexibility index (Phi) is 4.90. The highest BCUT2D eigenvalue weighted by Gasteiger charge is 2.20. The van der Waals surface area contributed by atoms with Crippen molar-refractivity contribution in [3.8, 4) is 0 Å². The van der Waals surface area contributed by atoms with Gasteiger partial charge in [-0.25, -0.2) is 4.39 Å². The molecular formula is C15H19FN2O3. The number of rotatable bonds is 5. The number of nitrogens with one attached hydrogen (secondary N) is 2. The SMILES string of the molecule is CCCC(O)CNC(=O)c1cc2c(cc1F)NC(=O)CC2. The third kappa shape index (κ3) is 3.78. The Morgan fingerprint density at radius 2 is 2.24 bits per heavy atom. The predicted octanol–water partition coefficient (Wildman–Crippen LogP) is 1.60. The molecule has 0 aliphatic carbocycles. The normalized spacial score (nSPS) is 15.1. The molecule has 1 aliphatic rings. The fourth-order valence-corrected chi connectivity index (χ4v) is 2.32. The summed E-state index contributed by atoms with van der Waals surface area (Å²) in [4.78, 5) is 23.2. The Hall–Kier alpha value is -1.95. The summed E-state index contributed by atoms with van der Waals surface area (Å²) in [7, 11) is 0. The van der Waals surface area contributed by atoms with Crippen molar-refractivity contribution in [1.82, 2.24) is 5.32 Å². The molecule has 6 heteroatoms. The molecule has 5 nitrogen and oxygen atoms in total. The summed E-state index contributed by atoms with van der Waals surface area (Å²) in [6.07, 6.45) is 1.58. The van der Waals surface area contributed by atoms with E-state index in [4.69, 9.17) is 0 Å². The minimum Gasteiger partial charge on any atom is -0.391 e. The first-order valence-corrected chi connectivity index (χ1v) is 7.09. The number of aliphatic hydroxyl groups is 1. The van der Waals surface area contributed by atoms with E-state index in [-0.39, 0.29) is 18.0 Å². The minimum absolute atomic E-state index is 0.0615. The molecule has 1 heterocycles. The smallest absolute Gasteiger partial charge is 0.254 e. The van der Waals surface area contributed by atoms with Crippen LogP contribution in [0.25, 0.3) is 0 Å². The number of fused-ring (bicyclic) bond motifs is 1. The van der Waals surface area contributed by atoms with Crippen molar-refractivity contribution in [2.75, 3.05) is 11.9 Å². The third-order valence-electron chi connectivity index (χ3n) is 3.45. The van der Waals surface area contributed by atoms with Crippen molar-refractivity contribution >= 4 is 17.5 Å². The van der Waals surface area contributed by atoms with Gasteiger partial charge in [0.05, 0.1) is 11.7 Å². The molecule has 1 aromatic rings. The van der Waals surface area contributed by atoms with Crippen LogP contribution in [0.4, 0.5) is 10.1 Å². The largest absolute Gasteiger partial charge is 0.391 e. The van der Waals surface area contributed by atoms with Crippen molar-refractivity contribution in [2.45, 2.75) is 38.7 Å². The van der Waals surface area contributed by atoms with Gasteiger partial charge < -0.3 is 15.7 Å². The number of anilines is 1. The summed E-state index contributed by atoms with van der Waals surface area (Å²) in [6, 6.07) is 2.63. The van der Waals surface area contributed by atoms with Gasteiger partial charge in [-0.05, 0) is 30.5 Å². The van der Waals surface area contributed by atoms with Crippen LogP contribution in [0.2, 0.25) is 0 Å². The zero-order valence-electron chi connectivity index (χ0n) is 11.9. The van der Waals surface area contributed by atoms with Crippen LogP contribution in [0, 0.1) is 5.82 Å². The van der Waals surface area contributed by atoms with Gasteiger partial charge in [-0.15, -0.1) is 0 Å². The first-order chi connectivity index (χ1) is 10.0. The molecule has 0 fully saturated rings. The first kappa shape index (κ1) is 15.4. The van der Waals surface area contributed by atoms with Crippen LogP contribution in [-0.4, -0.2) is 29.6 Å². The van der Waals surface area contributed by atoms with E-state index in [1.807, 2.05) is 6.92 Å². The highest BCUT2D eigenvalue weighted by Crippen LogP contribution is 2.25. The second kappa shape index (κ2) is 6.67. The van der Waals surface area contributed by atoms with E-state index >= 15 is 0 Å². The van der Waals surface area contributed by atoms with Crippen LogP contribution in [0.5, 0.6) is 0 Å². The molecule has 0 spiro atoms. The molecule has 2 rings (SSSR count). The quantitative estimate of drug-likeness (QED) is 0.772. The van der Waals surface area contributed by atoms with Crippen LogP contribution in [-0.2, 0) is 11.2 Å². The van der Waals surface area contributed by atoms with Gasteiger partial charge in [0, 0.05) is 18.7 Å². The summed E-state index contributed by atoms with van der Waals surface area (Å²) in [6.45, 7) is 2.03. The van der Waals surface area contributed by atoms with E-state index in [0.717, 1.165) is 12.0 Å². The molecule has 0 saturated carbocycles. The fraction of sp³-hybridized carbons (Fsp3) is 0.467. The molecule has 0 aromatic heterocycles. The molecule has 1 aliphatic heterocycles. The van der Waals surface area contributed by atoms with Gasteiger partial charge >= 0.3 is 0 Å². The lowest BCUT2D eigenvalue weighted by Crippen LogP contribution is -2.32. The van der Waals surface area contributed by atoms with E-state index in [9.17, 15) is 19.1 Å². The van der Waals surface area contributed by atoms with Gasteiger partial charge in [0.2, 0.25) is 5.91 Å². The summed E-state index contributed by atoms with van der Waals surface area (Å²) in [5.41, 5.74) is 1.11. The monoisotopic (exact) mass is 294 g/mol. The van der Waals surface area contributed by atoms with Gasteiger partial charge in [-0.3, -0.25) is 9.59 Å². The maximum Gasteiger partial charge on any atom is 0.254 e. The van der Waals surface area contributed by atoms with E-state index in [0.29, 0.717) is 24.9 Å². The number of benzene rings is 1. The maximum absolute atomic E-state index is 14.0. The summed E-state index contributed by atoms with van der Waals surface area (Å²) >= 11 is 0. The summed E-state index contributed by atoms with van der Waals surface area (Å²) in [5, 5.41) is 14.7. The van der Waals surface area contributed by atoms with Crippen LogP contribution in [0.1, 0.15) is 42.1 Å². The minimum atomic E-state index is -0.682. The third-order valence-corrected chi connectivity index (χ3v) is 3.45. The van der Waals surface area contributed by atoms with Crippen molar-refractivity contribution in [1.29, 1.82) is 0 Å². The molecule has 2 amide bonds. The highest BCUT2D eigenvalue weighted by atomic mass is 19.1. The number of aliphatic hydroxyl groups excluding tert-OH is 1.